The van der Waals surface area contributed by atoms with E-state index >= 15 is 0 Å². The van der Waals surface area contributed by atoms with E-state index in [1.165, 1.54) is 23.0 Å². The van der Waals surface area contributed by atoms with Crippen LogP contribution in [0.4, 0.5) is 0 Å². The molecule has 0 unspecified atom stereocenters. The Morgan fingerprint density at radius 3 is 2.80 bits per heavy atom. The van der Waals surface area contributed by atoms with Gasteiger partial charge in [-0.1, -0.05) is 30.0 Å². The zero-order valence-corrected chi connectivity index (χ0v) is 14.1. The van der Waals surface area contributed by atoms with Crippen molar-refractivity contribution in [2.45, 2.75) is 17.9 Å². The van der Waals surface area contributed by atoms with Crippen molar-refractivity contribution in [3.63, 3.8) is 0 Å². The molecule has 0 radical (unpaired) electrons. The predicted octanol–water partition coefficient (Wildman–Crippen LogP) is 2.06. The number of hydrogen-bond donors (Lipinski definition) is 0. The number of carbonyl (C=O) groups excluding carboxylic acids is 2. The highest BCUT2D eigenvalue weighted by molar-refractivity contribution is 8.00. The molecule has 7 nitrogen and oxygen atoms in total. The summed E-state index contributed by atoms with van der Waals surface area (Å²) in [5.74, 6) is -0.0842. The Morgan fingerprint density at radius 2 is 2.04 bits per heavy atom. The van der Waals surface area contributed by atoms with Gasteiger partial charge in [0, 0.05) is 13.0 Å². The molecule has 0 atom stereocenters. The smallest absolute Gasteiger partial charge is 0.239 e. The minimum Gasteiger partial charge on any atom is -0.282 e. The molecule has 0 aliphatic carbocycles. The van der Waals surface area contributed by atoms with Crippen molar-refractivity contribution in [1.29, 1.82) is 0 Å². The Kier molecular flexibility index (Phi) is 4.19. The van der Waals surface area contributed by atoms with Gasteiger partial charge in [-0.05, 0) is 18.6 Å². The van der Waals surface area contributed by atoms with Crippen LogP contribution in [0.15, 0.2) is 47.9 Å². The molecule has 0 saturated carbocycles. The number of rotatable bonds is 4. The SMILES string of the molecule is O=C1CCCN1C(=O)CSc1ncnc2c1cnn2-c1ccccc1. The standard InChI is InChI=1S/C17H15N5O2S/c23-14-7-4-8-21(14)15(24)10-25-17-13-9-20-22(16(13)18-11-19-17)12-5-2-1-3-6-12/h1-3,5-6,9,11H,4,7-8,10H2. The zero-order valence-electron chi connectivity index (χ0n) is 13.3. The topological polar surface area (TPSA) is 81.0 Å². The number of aromatic nitrogens is 4. The quantitative estimate of drug-likeness (QED) is 0.527. The summed E-state index contributed by atoms with van der Waals surface area (Å²) in [6.07, 6.45) is 4.38. The van der Waals surface area contributed by atoms with Crippen LogP contribution in [-0.4, -0.2) is 48.8 Å². The summed E-state index contributed by atoms with van der Waals surface area (Å²) < 4.78 is 1.74. The van der Waals surface area contributed by atoms with Gasteiger partial charge in [0.15, 0.2) is 5.65 Å². The predicted molar refractivity (Wildman–Crippen MR) is 93.3 cm³/mol. The summed E-state index contributed by atoms with van der Waals surface area (Å²) in [5, 5.41) is 5.87. The van der Waals surface area contributed by atoms with Gasteiger partial charge < -0.3 is 0 Å². The third kappa shape index (κ3) is 3.00. The molecule has 4 rings (SSSR count). The Hall–Kier alpha value is -2.74. The molecule has 2 amide bonds. The van der Waals surface area contributed by atoms with Gasteiger partial charge in [0.2, 0.25) is 11.8 Å². The van der Waals surface area contributed by atoms with E-state index in [2.05, 4.69) is 15.1 Å². The molecule has 2 aromatic heterocycles. The lowest BCUT2D eigenvalue weighted by atomic mass is 10.3. The molecule has 8 heteroatoms. The van der Waals surface area contributed by atoms with Gasteiger partial charge in [-0.25, -0.2) is 14.6 Å². The molecule has 1 fully saturated rings. The molecule has 1 saturated heterocycles. The molecule has 1 aliphatic heterocycles. The van der Waals surface area contributed by atoms with Crippen LogP contribution in [0.2, 0.25) is 0 Å². The second kappa shape index (κ2) is 6.64. The largest absolute Gasteiger partial charge is 0.282 e. The highest BCUT2D eigenvalue weighted by Gasteiger charge is 2.26. The fraction of sp³-hybridized carbons (Fsp3) is 0.235. The van der Waals surface area contributed by atoms with Gasteiger partial charge in [-0.3, -0.25) is 14.5 Å². The molecule has 0 N–H and O–H groups in total. The molecular weight excluding hydrogens is 338 g/mol. The Morgan fingerprint density at radius 1 is 1.20 bits per heavy atom. The molecule has 1 aromatic carbocycles. The number of nitrogens with zero attached hydrogens (tertiary/aromatic N) is 5. The summed E-state index contributed by atoms with van der Waals surface area (Å²) >= 11 is 1.31. The van der Waals surface area contributed by atoms with Crippen LogP contribution in [0.1, 0.15) is 12.8 Å². The van der Waals surface area contributed by atoms with E-state index in [9.17, 15) is 9.59 Å². The first kappa shape index (κ1) is 15.8. The Balaban J connectivity index is 1.58. The van der Waals surface area contributed by atoms with Crippen LogP contribution < -0.4 is 0 Å². The van der Waals surface area contributed by atoms with Gasteiger partial charge in [0.1, 0.15) is 11.4 Å². The fourth-order valence-corrected chi connectivity index (χ4v) is 3.65. The third-order valence-electron chi connectivity index (χ3n) is 4.04. The molecule has 1 aliphatic rings. The lowest BCUT2D eigenvalue weighted by Crippen LogP contribution is -2.33. The van der Waals surface area contributed by atoms with Crippen molar-refractivity contribution >= 4 is 34.6 Å². The van der Waals surface area contributed by atoms with Crippen LogP contribution in [0.3, 0.4) is 0 Å². The number of amides is 2. The summed E-state index contributed by atoms with van der Waals surface area (Å²) in [4.78, 5) is 33.8. The summed E-state index contributed by atoms with van der Waals surface area (Å²) in [7, 11) is 0. The summed E-state index contributed by atoms with van der Waals surface area (Å²) in [5.41, 5.74) is 1.60. The van der Waals surface area contributed by atoms with Crippen molar-refractivity contribution in [1.82, 2.24) is 24.6 Å². The van der Waals surface area contributed by atoms with Crippen LogP contribution in [0.5, 0.6) is 0 Å². The minimum absolute atomic E-state index is 0.0877. The monoisotopic (exact) mass is 353 g/mol. The number of carbonyl (C=O) groups is 2. The molecular formula is C17H15N5O2S. The van der Waals surface area contributed by atoms with Crippen LogP contribution in [0, 0.1) is 0 Å². The second-order valence-corrected chi connectivity index (χ2v) is 6.60. The first-order chi connectivity index (χ1) is 12.2. The van der Waals surface area contributed by atoms with Gasteiger partial charge >= 0.3 is 0 Å². The second-order valence-electron chi connectivity index (χ2n) is 5.64. The van der Waals surface area contributed by atoms with Crippen LogP contribution in [-0.2, 0) is 9.59 Å². The van der Waals surface area contributed by atoms with Gasteiger partial charge in [-0.15, -0.1) is 0 Å². The van der Waals surface area contributed by atoms with Crippen LogP contribution >= 0.6 is 11.8 Å². The van der Waals surface area contributed by atoms with Gasteiger partial charge in [0.05, 0.1) is 23.0 Å². The molecule has 0 bridgehead atoms. The highest BCUT2D eigenvalue weighted by Crippen LogP contribution is 2.26. The number of likely N-dealkylation sites (tertiary alicyclic amines) is 1. The minimum atomic E-state index is -0.172. The van der Waals surface area contributed by atoms with Crippen molar-refractivity contribution in [2.24, 2.45) is 0 Å². The van der Waals surface area contributed by atoms with E-state index < -0.39 is 0 Å². The molecule has 25 heavy (non-hydrogen) atoms. The first-order valence-electron chi connectivity index (χ1n) is 7.94. The summed E-state index contributed by atoms with van der Waals surface area (Å²) in [6.45, 7) is 0.517. The molecule has 3 heterocycles. The van der Waals surface area contributed by atoms with E-state index in [0.29, 0.717) is 23.6 Å². The number of para-hydroxylation sites is 1. The normalized spacial score (nSPS) is 14.4. The molecule has 0 spiro atoms. The van der Waals surface area contributed by atoms with E-state index in [0.717, 1.165) is 17.5 Å². The Labute approximate surface area is 148 Å². The van der Waals surface area contributed by atoms with Gasteiger partial charge in [0.25, 0.3) is 0 Å². The number of hydrogen-bond acceptors (Lipinski definition) is 6. The van der Waals surface area contributed by atoms with Crippen molar-refractivity contribution in [3.8, 4) is 5.69 Å². The maximum atomic E-state index is 12.2. The molecule has 3 aromatic rings. The lowest BCUT2D eigenvalue weighted by Gasteiger charge is -2.12. The van der Waals surface area contributed by atoms with Crippen molar-refractivity contribution in [3.05, 3.63) is 42.9 Å². The summed E-state index contributed by atoms with van der Waals surface area (Å²) in [6, 6.07) is 9.71. The van der Waals surface area contributed by atoms with E-state index in [1.54, 1.807) is 10.9 Å². The van der Waals surface area contributed by atoms with E-state index in [1.807, 2.05) is 30.3 Å². The maximum Gasteiger partial charge on any atom is 0.239 e. The van der Waals surface area contributed by atoms with Crippen LogP contribution in [0.25, 0.3) is 16.7 Å². The lowest BCUT2D eigenvalue weighted by molar-refractivity contribution is -0.140. The number of benzene rings is 1. The third-order valence-corrected chi connectivity index (χ3v) is 5.03. The number of fused-ring (bicyclic) bond motifs is 1. The first-order valence-corrected chi connectivity index (χ1v) is 8.93. The van der Waals surface area contributed by atoms with Gasteiger partial charge in [-0.2, -0.15) is 5.10 Å². The zero-order chi connectivity index (χ0) is 17.2. The average Bonchev–Trinajstić information content (AvgIpc) is 3.27. The number of thioether (sulfide) groups is 1. The number of imide groups is 1. The molecule has 126 valence electrons. The van der Waals surface area contributed by atoms with Crippen molar-refractivity contribution in [2.75, 3.05) is 12.3 Å². The highest BCUT2D eigenvalue weighted by atomic mass is 32.2. The van der Waals surface area contributed by atoms with E-state index in [4.69, 9.17) is 0 Å². The Bertz CT molecular complexity index is 941. The maximum absolute atomic E-state index is 12.2. The fourth-order valence-electron chi connectivity index (χ4n) is 2.82. The van der Waals surface area contributed by atoms with E-state index in [-0.39, 0.29) is 17.6 Å². The van der Waals surface area contributed by atoms with Crippen molar-refractivity contribution < 1.29 is 9.59 Å². The average molecular weight is 353 g/mol.